The maximum Gasteiger partial charge on any atom is 0.256 e. The third kappa shape index (κ3) is 3.55. The molecule has 4 heteroatoms. The van der Waals surface area contributed by atoms with Gasteiger partial charge in [0.25, 0.3) is 5.91 Å². The molecule has 4 nitrogen and oxygen atoms in total. The smallest absolute Gasteiger partial charge is 0.256 e. The highest BCUT2D eigenvalue weighted by Crippen LogP contribution is 2.26. The molecule has 1 saturated heterocycles. The second kappa shape index (κ2) is 6.17. The number of carbonyl (C=O) groups excluding carboxylic acids is 1. The highest BCUT2D eigenvalue weighted by Gasteiger charge is 2.37. The third-order valence-corrected chi connectivity index (χ3v) is 3.51. The van der Waals surface area contributed by atoms with E-state index in [1.54, 1.807) is 0 Å². The molecule has 2 rings (SSSR count). The van der Waals surface area contributed by atoms with Crippen LogP contribution < -0.4 is 5.32 Å². The summed E-state index contributed by atoms with van der Waals surface area (Å²) in [6.45, 7) is 2.67. The topological polar surface area (TPSA) is 58.6 Å². The molecule has 1 heterocycles. The predicted octanol–water partition coefficient (Wildman–Crippen LogP) is 2.12. The summed E-state index contributed by atoms with van der Waals surface area (Å²) in [5, 5.41) is 11.7. The molecule has 0 spiro atoms. The second-order valence-electron chi connectivity index (χ2n) is 5.16. The van der Waals surface area contributed by atoms with Crippen molar-refractivity contribution in [2.24, 2.45) is 0 Å². The van der Waals surface area contributed by atoms with Gasteiger partial charge in [0.05, 0.1) is 0 Å². The minimum Gasteiger partial charge on any atom is -0.396 e. The van der Waals surface area contributed by atoms with Gasteiger partial charge in [0, 0.05) is 18.9 Å². The van der Waals surface area contributed by atoms with Gasteiger partial charge in [-0.2, -0.15) is 0 Å². The van der Waals surface area contributed by atoms with Crippen molar-refractivity contribution in [3.8, 4) is 0 Å². The highest BCUT2D eigenvalue weighted by molar-refractivity contribution is 5.97. The molecule has 0 bridgehead atoms. The Morgan fingerprint density at radius 3 is 3.05 bits per heavy atom. The molecule has 0 aliphatic carbocycles. The number of rotatable bonds is 5. The number of hydrogen-bond acceptors (Lipinski definition) is 3. The largest absolute Gasteiger partial charge is 0.396 e. The lowest BCUT2D eigenvalue weighted by Gasteiger charge is -2.22. The molecule has 0 aromatic heterocycles. The molecule has 1 aliphatic heterocycles. The summed E-state index contributed by atoms with van der Waals surface area (Å²) in [5.41, 5.74) is 1.21. The quantitative estimate of drug-likeness (QED) is 0.855. The fraction of sp³-hybridized carbons (Fsp3) is 0.533. The Hall–Kier alpha value is -1.39. The Morgan fingerprint density at radius 2 is 2.37 bits per heavy atom. The Bertz CT molecular complexity index is 439. The van der Waals surface area contributed by atoms with E-state index < -0.39 is 5.60 Å². The Morgan fingerprint density at radius 1 is 1.53 bits per heavy atom. The van der Waals surface area contributed by atoms with Crippen LogP contribution in [-0.4, -0.2) is 29.8 Å². The molecule has 104 valence electrons. The maximum atomic E-state index is 12.2. The Kier molecular flexibility index (Phi) is 4.56. The molecule has 1 atom stereocenters. The minimum atomic E-state index is -0.693. The van der Waals surface area contributed by atoms with Crippen molar-refractivity contribution in [3.05, 3.63) is 29.8 Å². The zero-order chi connectivity index (χ0) is 13.7. The number of aryl methyl sites for hydroxylation is 1. The number of ether oxygens (including phenoxy) is 1. The van der Waals surface area contributed by atoms with E-state index in [0.717, 1.165) is 36.9 Å². The fourth-order valence-corrected chi connectivity index (χ4v) is 2.31. The summed E-state index contributed by atoms with van der Waals surface area (Å²) in [4.78, 5) is 12.2. The standard InChI is InChI=1S/C15H21NO3/c1-15(8-4-10-19-15)14(18)16-13-7-2-5-12(11-13)6-3-9-17/h2,5,7,11,17H,3-4,6,8-10H2,1H3,(H,16,18). The van der Waals surface area contributed by atoms with Crippen molar-refractivity contribution in [1.82, 2.24) is 0 Å². The van der Waals surface area contributed by atoms with Gasteiger partial charge in [-0.15, -0.1) is 0 Å². The molecule has 1 fully saturated rings. The number of aliphatic hydroxyl groups excluding tert-OH is 1. The molecule has 2 N–H and O–H groups in total. The summed E-state index contributed by atoms with van der Waals surface area (Å²) in [6.07, 6.45) is 3.25. The summed E-state index contributed by atoms with van der Waals surface area (Å²) < 4.78 is 5.52. The van der Waals surface area contributed by atoms with Crippen molar-refractivity contribution in [2.45, 2.75) is 38.2 Å². The van der Waals surface area contributed by atoms with E-state index in [1.807, 2.05) is 31.2 Å². The highest BCUT2D eigenvalue weighted by atomic mass is 16.5. The first kappa shape index (κ1) is 14.0. The first-order chi connectivity index (χ1) is 9.14. The summed E-state index contributed by atoms with van der Waals surface area (Å²) in [6, 6.07) is 7.74. The monoisotopic (exact) mass is 263 g/mol. The molecule has 1 aromatic rings. The van der Waals surface area contributed by atoms with Crippen LogP contribution in [0.1, 0.15) is 31.7 Å². The Labute approximate surface area is 113 Å². The average Bonchev–Trinajstić information content (AvgIpc) is 2.85. The summed E-state index contributed by atoms with van der Waals surface area (Å²) in [5.74, 6) is -0.0793. The summed E-state index contributed by atoms with van der Waals surface area (Å²) >= 11 is 0. The lowest BCUT2D eigenvalue weighted by Crippen LogP contribution is -2.39. The van der Waals surface area contributed by atoms with E-state index >= 15 is 0 Å². The zero-order valence-electron chi connectivity index (χ0n) is 11.3. The van der Waals surface area contributed by atoms with E-state index in [9.17, 15) is 4.79 Å². The van der Waals surface area contributed by atoms with Crippen LogP contribution in [0, 0.1) is 0 Å². The van der Waals surface area contributed by atoms with Crippen LogP contribution in [0.3, 0.4) is 0 Å². The van der Waals surface area contributed by atoms with E-state index in [-0.39, 0.29) is 12.5 Å². The lowest BCUT2D eigenvalue weighted by atomic mass is 10.0. The first-order valence-electron chi connectivity index (χ1n) is 6.79. The molecule has 0 saturated carbocycles. The number of benzene rings is 1. The van der Waals surface area contributed by atoms with Crippen molar-refractivity contribution < 1.29 is 14.6 Å². The second-order valence-corrected chi connectivity index (χ2v) is 5.16. The normalized spacial score (nSPS) is 22.4. The van der Waals surface area contributed by atoms with E-state index in [0.29, 0.717) is 6.61 Å². The van der Waals surface area contributed by atoms with Gasteiger partial charge in [-0.1, -0.05) is 12.1 Å². The Balaban J connectivity index is 2.00. The lowest BCUT2D eigenvalue weighted by molar-refractivity contribution is -0.133. The van der Waals surface area contributed by atoms with E-state index in [4.69, 9.17) is 9.84 Å². The predicted molar refractivity (Wildman–Crippen MR) is 74.1 cm³/mol. The van der Waals surface area contributed by atoms with Crippen molar-refractivity contribution >= 4 is 11.6 Å². The zero-order valence-corrected chi connectivity index (χ0v) is 11.3. The molecule has 0 radical (unpaired) electrons. The van der Waals surface area contributed by atoms with Crippen LogP contribution in [-0.2, 0) is 16.0 Å². The summed E-state index contributed by atoms with van der Waals surface area (Å²) in [7, 11) is 0. The fourth-order valence-electron chi connectivity index (χ4n) is 2.31. The van der Waals surface area contributed by atoms with Crippen molar-refractivity contribution in [1.29, 1.82) is 0 Å². The molecular weight excluding hydrogens is 242 g/mol. The molecular formula is C15H21NO3. The molecule has 19 heavy (non-hydrogen) atoms. The first-order valence-corrected chi connectivity index (χ1v) is 6.79. The minimum absolute atomic E-state index is 0.0793. The van der Waals surface area contributed by atoms with E-state index in [2.05, 4.69) is 5.32 Å². The van der Waals surface area contributed by atoms with Gasteiger partial charge in [0.1, 0.15) is 5.60 Å². The van der Waals surface area contributed by atoms with Gasteiger partial charge in [-0.05, 0) is 50.3 Å². The number of amides is 1. The van der Waals surface area contributed by atoms with Crippen LogP contribution in [0.2, 0.25) is 0 Å². The number of carbonyl (C=O) groups is 1. The molecule has 1 aromatic carbocycles. The average molecular weight is 263 g/mol. The van der Waals surface area contributed by atoms with Crippen LogP contribution in [0.4, 0.5) is 5.69 Å². The van der Waals surface area contributed by atoms with Gasteiger partial charge >= 0.3 is 0 Å². The van der Waals surface area contributed by atoms with Crippen LogP contribution in [0.15, 0.2) is 24.3 Å². The number of anilines is 1. The SMILES string of the molecule is CC1(C(=O)Nc2cccc(CCCO)c2)CCCO1. The number of hydrogen-bond donors (Lipinski definition) is 2. The van der Waals surface area contributed by atoms with Gasteiger partial charge < -0.3 is 15.2 Å². The van der Waals surface area contributed by atoms with Crippen LogP contribution >= 0.6 is 0 Å². The van der Waals surface area contributed by atoms with Crippen molar-refractivity contribution in [2.75, 3.05) is 18.5 Å². The maximum absolute atomic E-state index is 12.2. The van der Waals surface area contributed by atoms with Gasteiger partial charge in [0.2, 0.25) is 0 Å². The molecule has 1 aliphatic rings. The van der Waals surface area contributed by atoms with Gasteiger partial charge in [-0.3, -0.25) is 4.79 Å². The molecule has 1 amide bonds. The van der Waals surface area contributed by atoms with E-state index in [1.165, 1.54) is 0 Å². The van der Waals surface area contributed by atoms with Crippen LogP contribution in [0.5, 0.6) is 0 Å². The number of nitrogens with one attached hydrogen (secondary N) is 1. The third-order valence-electron chi connectivity index (χ3n) is 3.51. The van der Waals surface area contributed by atoms with Crippen LogP contribution in [0.25, 0.3) is 0 Å². The van der Waals surface area contributed by atoms with Gasteiger partial charge in [0.15, 0.2) is 0 Å². The number of aliphatic hydroxyl groups is 1. The van der Waals surface area contributed by atoms with Gasteiger partial charge in [-0.25, -0.2) is 0 Å². The molecule has 1 unspecified atom stereocenters. The van der Waals surface area contributed by atoms with Crippen molar-refractivity contribution in [3.63, 3.8) is 0 Å².